The molecule has 0 bridgehead atoms. The monoisotopic (exact) mass is 606 g/mol. The van der Waals surface area contributed by atoms with Gasteiger partial charge in [-0.15, -0.1) is 0 Å². The third kappa shape index (κ3) is 12.2. The van der Waals surface area contributed by atoms with Crippen LogP contribution in [0.4, 0.5) is 4.39 Å². The Morgan fingerprint density at radius 1 is 0.767 bits per heavy atom. The minimum atomic E-state index is -2.04. The molecule has 3 rings (SSSR count). The summed E-state index contributed by atoms with van der Waals surface area (Å²) < 4.78 is 34.4. The molecule has 0 heterocycles. The van der Waals surface area contributed by atoms with Crippen molar-refractivity contribution in [2.75, 3.05) is 26.4 Å². The Bertz CT molecular complexity index is 1380. The molecule has 3 aromatic rings. The molecule has 0 atom stereocenters. The Morgan fingerprint density at radius 3 is 1.93 bits per heavy atom. The first-order valence-electron chi connectivity index (χ1n) is 13.8. The van der Waals surface area contributed by atoms with Gasteiger partial charge in [0, 0.05) is 11.0 Å². The van der Waals surface area contributed by atoms with Crippen molar-refractivity contribution in [1.29, 1.82) is 0 Å². The van der Waals surface area contributed by atoms with E-state index in [4.69, 9.17) is 18.9 Å². The molecule has 0 aliphatic carbocycles. The van der Waals surface area contributed by atoms with Crippen LogP contribution in [-0.4, -0.2) is 49.2 Å². The normalized spacial score (nSPS) is 11.1. The average Bonchev–Trinajstić information content (AvgIpc) is 3.00. The predicted octanol–water partition coefficient (Wildman–Crippen LogP) is 7.24. The second kappa shape index (κ2) is 16.9. The van der Waals surface area contributed by atoms with E-state index in [1.807, 2.05) is 48.5 Å². The summed E-state index contributed by atoms with van der Waals surface area (Å²) in [7, 11) is 0. The van der Waals surface area contributed by atoms with E-state index >= 15 is 0 Å². The maximum atomic E-state index is 13.4. The second-order valence-electron chi connectivity index (χ2n) is 9.76. The van der Waals surface area contributed by atoms with Gasteiger partial charge in [0.2, 0.25) is 10.8 Å². The summed E-state index contributed by atoms with van der Waals surface area (Å²) in [6.07, 6.45) is 5.94. The summed E-state index contributed by atoms with van der Waals surface area (Å²) in [5.74, 6) is -0.0311. The van der Waals surface area contributed by atoms with Gasteiger partial charge in [0.15, 0.2) is 0 Å². The fourth-order valence-electron chi connectivity index (χ4n) is 3.54. The van der Waals surface area contributed by atoms with Gasteiger partial charge in [-0.1, -0.05) is 49.1 Å². The number of carbonyl (C=O) groups is 3. The van der Waals surface area contributed by atoms with Gasteiger partial charge >= 0.3 is 11.9 Å². The van der Waals surface area contributed by atoms with E-state index in [-0.39, 0.29) is 18.3 Å². The van der Waals surface area contributed by atoms with E-state index < -0.39 is 17.6 Å². The Morgan fingerprint density at radius 2 is 1.33 bits per heavy atom. The number of thioether (sulfide) groups is 1. The van der Waals surface area contributed by atoms with E-state index in [0.717, 1.165) is 71.9 Å². The summed E-state index contributed by atoms with van der Waals surface area (Å²) in [6.45, 7) is 6.55. The van der Waals surface area contributed by atoms with Crippen molar-refractivity contribution in [2.24, 2.45) is 0 Å². The summed E-state index contributed by atoms with van der Waals surface area (Å²) in [5, 5.41) is -0.119. The average molecular weight is 607 g/mol. The SMILES string of the molecule is C=CC(=O)OCCCCOc1ccc(-c2ccc(/C=C/C(=O)Sc3ccc(OCCOC(=O)C(C)(C)F)cc3)cc2)cc1. The number of halogens is 1. The van der Waals surface area contributed by atoms with Crippen molar-refractivity contribution in [3.8, 4) is 22.6 Å². The highest BCUT2D eigenvalue weighted by Crippen LogP contribution is 2.25. The smallest absolute Gasteiger partial charge is 0.343 e. The number of hydrogen-bond acceptors (Lipinski definition) is 8. The number of alkyl halides is 1. The molecular weight excluding hydrogens is 571 g/mol. The lowest BCUT2D eigenvalue weighted by atomic mass is 10.0. The van der Waals surface area contributed by atoms with Crippen LogP contribution in [0.25, 0.3) is 17.2 Å². The lowest BCUT2D eigenvalue weighted by Crippen LogP contribution is -2.29. The number of carbonyl (C=O) groups excluding carboxylic acids is 3. The summed E-state index contributed by atoms with van der Waals surface area (Å²) in [5.41, 5.74) is 0.946. The van der Waals surface area contributed by atoms with Gasteiger partial charge in [-0.05, 0) is 97.6 Å². The van der Waals surface area contributed by atoms with Crippen molar-refractivity contribution < 1.29 is 37.7 Å². The summed E-state index contributed by atoms with van der Waals surface area (Å²) >= 11 is 1.09. The minimum Gasteiger partial charge on any atom is -0.494 e. The summed E-state index contributed by atoms with van der Waals surface area (Å²) in [6, 6.07) is 22.7. The third-order valence-electron chi connectivity index (χ3n) is 5.84. The molecule has 0 saturated carbocycles. The molecule has 0 amide bonds. The predicted molar refractivity (Wildman–Crippen MR) is 166 cm³/mol. The molecule has 0 aliphatic heterocycles. The Hall–Kier alpha value is -4.37. The molecule has 226 valence electrons. The first-order valence-corrected chi connectivity index (χ1v) is 14.6. The van der Waals surface area contributed by atoms with Crippen molar-refractivity contribution >= 4 is 34.9 Å². The molecule has 0 saturated heterocycles. The highest BCUT2D eigenvalue weighted by atomic mass is 32.2. The maximum Gasteiger partial charge on any atom is 0.343 e. The van der Waals surface area contributed by atoms with Crippen molar-refractivity contribution in [3.63, 3.8) is 0 Å². The number of unbranched alkanes of at least 4 members (excludes halogenated alkanes) is 1. The molecule has 0 aromatic heterocycles. The lowest BCUT2D eigenvalue weighted by Gasteiger charge is -2.13. The third-order valence-corrected chi connectivity index (χ3v) is 6.69. The molecule has 0 spiro atoms. The largest absolute Gasteiger partial charge is 0.494 e. The fraction of sp³-hybridized carbons (Fsp3) is 0.265. The molecule has 3 aromatic carbocycles. The molecule has 0 fully saturated rings. The first kappa shape index (κ1) is 33.1. The van der Waals surface area contributed by atoms with E-state index in [2.05, 4.69) is 6.58 Å². The van der Waals surface area contributed by atoms with E-state index in [1.54, 1.807) is 30.3 Å². The molecule has 43 heavy (non-hydrogen) atoms. The van der Waals surface area contributed by atoms with Gasteiger partial charge in [-0.25, -0.2) is 14.0 Å². The molecule has 9 heteroatoms. The van der Waals surface area contributed by atoms with Crippen LogP contribution in [-0.2, 0) is 23.9 Å². The lowest BCUT2D eigenvalue weighted by molar-refractivity contribution is -0.156. The second-order valence-corrected chi connectivity index (χ2v) is 10.8. The zero-order valence-corrected chi connectivity index (χ0v) is 25.1. The number of hydrogen-bond donors (Lipinski definition) is 0. The maximum absolute atomic E-state index is 13.4. The summed E-state index contributed by atoms with van der Waals surface area (Å²) in [4.78, 5) is 35.6. The van der Waals surface area contributed by atoms with Gasteiger partial charge in [0.1, 0.15) is 24.7 Å². The number of rotatable bonds is 16. The van der Waals surface area contributed by atoms with Gasteiger partial charge in [-0.2, -0.15) is 0 Å². The van der Waals surface area contributed by atoms with E-state index in [1.165, 1.54) is 6.08 Å². The van der Waals surface area contributed by atoms with Crippen molar-refractivity contribution in [3.05, 3.63) is 97.1 Å². The number of ether oxygens (including phenoxy) is 4. The van der Waals surface area contributed by atoms with Crippen LogP contribution in [0.1, 0.15) is 32.3 Å². The van der Waals surface area contributed by atoms with Crippen LogP contribution >= 0.6 is 11.8 Å². The molecular formula is C34H35FO7S. The molecule has 0 N–H and O–H groups in total. The quantitative estimate of drug-likeness (QED) is 0.0730. The number of benzene rings is 3. The molecule has 0 radical (unpaired) electrons. The van der Waals surface area contributed by atoms with Crippen LogP contribution in [0.5, 0.6) is 11.5 Å². The van der Waals surface area contributed by atoms with Gasteiger partial charge in [0.05, 0.1) is 13.2 Å². The van der Waals surface area contributed by atoms with Crippen LogP contribution < -0.4 is 9.47 Å². The first-order chi connectivity index (χ1) is 20.6. The van der Waals surface area contributed by atoms with E-state index in [0.29, 0.717) is 19.0 Å². The standard InChI is InChI=1S/C34H35FO7S/c1-4-31(36)41-22-6-5-21-39-28-14-12-27(13-15-28)26-10-7-25(8-11-26)9-20-32(37)43-30-18-16-29(17-19-30)40-23-24-42-33(38)34(2,3)35/h4,7-20H,1,5-6,21-24H2,2-3H3/b20-9+. The molecule has 0 aliphatic rings. The van der Waals surface area contributed by atoms with Crippen LogP contribution in [0.2, 0.25) is 0 Å². The van der Waals surface area contributed by atoms with Crippen LogP contribution in [0, 0.1) is 0 Å². The zero-order chi connectivity index (χ0) is 31.1. The minimum absolute atomic E-state index is 0.0610. The van der Waals surface area contributed by atoms with Crippen molar-refractivity contribution in [2.45, 2.75) is 37.3 Å². The fourth-order valence-corrected chi connectivity index (χ4v) is 4.18. The molecule has 7 nitrogen and oxygen atoms in total. The Kier molecular flexibility index (Phi) is 13.0. The van der Waals surface area contributed by atoms with Gasteiger partial charge in [0.25, 0.3) is 0 Å². The van der Waals surface area contributed by atoms with Crippen molar-refractivity contribution in [1.82, 2.24) is 0 Å². The van der Waals surface area contributed by atoms with Gasteiger partial charge < -0.3 is 18.9 Å². The highest BCUT2D eigenvalue weighted by Gasteiger charge is 2.28. The van der Waals surface area contributed by atoms with E-state index in [9.17, 15) is 18.8 Å². The molecule has 0 unspecified atom stereocenters. The highest BCUT2D eigenvalue weighted by molar-refractivity contribution is 8.14. The van der Waals surface area contributed by atoms with Crippen LogP contribution in [0.15, 0.2) is 96.4 Å². The van der Waals surface area contributed by atoms with Crippen LogP contribution in [0.3, 0.4) is 0 Å². The zero-order valence-electron chi connectivity index (χ0n) is 24.3. The Labute approximate surface area is 255 Å². The van der Waals surface area contributed by atoms with Gasteiger partial charge in [-0.3, -0.25) is 4.79 Å². The number of esters is 2. The Balaban J connectivity index is 1.39. The topological polar surface area (TPSA) is 88.1 Å².